The van der Waals surface area contributed by atoms with E-state index >= 15 is 0 Å². The Morgan fingerprint density at radius 1 is 1.22 bits per heavy atom. The molecule has 1 fully saturated rings. The highest BCUT2D eigenvalue weighted by Crippen LogP contribution is 2.37. The minimum absolute atomic E-state index is 0.0192. The summed E-state index contributed by atoms with van der Waals surface area (Å²) in [6.07, 6.45) is -5.44. The molecule has 1 aliphatic heterocycles. The summed E-state index contributed by atoms with van der Waals surface area (Å²) in [5.74, 6) is -3.90. The monoisotopic (exact) mass is 534 g/mol. The number of aromatic nitrogens is 1. The highest BCUT2D eigenvalue weighted by Gasteiger charge is 2.38. The number of carbonyl (C=O) groups is 2. The fourth-order valence-corrected chi connectivity index (χ4v) is 5.00. The van der Waals surface area contributed by atoms with Gasteiger partial charge in [-0.25, -0.2) is 22.8 Å². The van der Waals surface area contributed by atoms with Gasteiger partial charge in [0.2, 0.25) is 5.92 Å². The molecule has 0 spiro atoms. The lowest BCUT2D eigenvalue weighted by Crippen LogP contribution is -2.30. The zero-order valence-corrected chi connectivity index (χ0v) is 20.1. The number of benzene rings is 1. The Labute approximate surface area is 203 Å². The van der Waals surface area contributed by atoms with E-state index in [1.165, 1.54) is 29.2 Å². The first-order valence-electron chi connectivity index (χ1n) is 10.7. The second-order valence-electron chi connectivity index (χ2n) is 8.34. The van der Waals surface area contributed by atoms with Gasteiger partial charge in [-0.05, 0) is 37.1 Å². The third kappa shape index (κ3) is 6.28. The van der Waals surface area contributed by atoms with Gasteiger partial charge in [-0.15, -0.1) is 4.36 Å². The summed E-state index contributed by atoms with van der Waals surface area (Å²) in [6.45, 7) is 0.970. The molecular formula is C22H23F5N4O4S. The zero-order chi connectivity index (χ0) is 26.9. The Kier molecular flexibility index (Phi) is 7.58. The molecule has 2 heterocycles. The first-order valence-corrected chi connectivity index (χ1v) is 12.6. The Bertz CT molecular complexity index is 1310. The smallest absolute Gasteiger partial charge is 0.439 e. The molecule has 0 saturated carbocycles. The van der Waals surface area contributed by atoms with Crippen LogP contribution in [0.15, 0.2) is 39.7 Å². The van der Waals surface area contributed by atoms with Crippen LogP contribution in [-0.4, -0.2) is 51.6 Å². The highest BCUT2D eigenvalue weighted by molar-refractivity contribution is 7.93. The molecule has 196 valence electrons. The van der Waals surface area contributed by atoms with E-state index in [0.29, 0.717) is 0 Å². The lowest BCUT2D eigenvalue weighted by atomic mass is 10.0. The van der Waals surface area contributed by atoms with Gasteiger partial charge in [0.25, 0.3) is 5.91 Å². The van der Waals surface area contributed by atoms with Crippen LogP contribution in [0, 0.1) is 6.92 Å². The summed E-state index contributed by atoms with van der Waals surface area (Å²) < 4.78 is 84.1. The number of pyridine rings is 1. The van der Waals surface area contributed by atoms with Gasteiger partial charge in [0.15, 0.2) is 0 Å². The van der Waals surface area contributed by atoms with Crippen LogP contribution in [0.3, 0.4) is 0 Å². The maximum absolute atomic E-state index is 13.9. The van der Waals surface area contributed by atoms with E-state index in [9.17, 15) is 35.8 Å². The summed E-state index contributed by atoms with van der Waals surface area (Å²) in [5.41, 5.74) is -2.16. The standard InChI is InChI=1S/C22H23F5N4O4S/c1-13-17(19(32)29-14-5-3-6-15(11-14)36(2,35)30-20(33)34)16(12-28-18(13)22(25,26)27)31-9-4-7-21(23,24)8-10-31/h3,5-6,11-12H,4,7-10H2,1-2H3,(H,29,32)(H,33,34). The molecule has 2 aromatic rings. The molecule has 1 aliphatic rings. The third-order valence-corrected chi connectivity index (χ3v) is 7.27. The minimum Gasteiger partial charge on any atom is -0.463 e. The summed E-state index contributed by atoms with van der Waals surface area (Å²) in [7, 11) is -3.37. The van der Waals surface area contributed by atoms with Gasteiger partial charge < -0.3 is 15.3 Å². The van der Waals surface area contributed by atoms with Crippen molar-refractivity contribution in [2.45, 2.75) is 43.2 Å². The van der Waals surface area contributed by atoms with Crippen molar-refractivity contribution in [3.8, 4) is 0 Å². The average molecular weight is 535 g/mol. The molecule has 1 atom stereocenters. The molecule has 0 radical (unpaired) electrons. The number of rotatable bonds is 4. The molecule has 1 aromatic heterocycles. The summed E-state index contributed by atoms with van der Waals surface area (Å²) in [4.78, 5) is 29.0. The fraction of sp³-hybridized carbons (Fsp3) is 0.409. The zero-order valence-electron chi connectivity index (χ0n) is 19.2. The molecule has 3 rings (SSSR count). The van der Waals surface area contributed by atoms with E-state index in [1.807, 2.05) is 0 Å². The molecule has 0 bridgehead atoms. The van der Waals surface area contributed by atoms with Crippen LogP contribution in [0.2, 0.25) is 0 Å². The van der Waals surface area contributed by atoms with Crippen molar-refractivity contribution in [3.05, 3.63) is 47.3 Å². The van der Waals surface area contributed by atoms with Crippen molar-refractivity contribution in [1.82, 2.24) is 4.98 Å². The van der Waals surface area contributed by atoms with Gasteiger partial charge >= 0.3 is 12.3 Å². The van der Waals surface area contributed by atoms with Crippen LogP contribution in [0.1, 0.15) is 40.9 Å². The van der Waals surface area contributed by atoms with Gasteiger partial charge in [-0.2, -0.15) is 13.2 Å². The average Bonchev–Trinajstić information content (AvgIpc) is 2.92. The quantitative estimate of drug-likeness (QED) is 0.507. The topological polar surface area (TPSA) is 112 Å². The Balaban J connectivity index is 2.05. The van der Waals surface area contributed by atoms with E-state index in [-0.39, 0.29) is 47.8 Å². The van der Waals surface area contributed by atoms with Crippen molar-refractivity contribution in [3.63, 3.8) is 0 Å². The summed E-state index contributed by atoms with van der Waals surface area (Å²) >= 11 is 0. The number of halogens is 5. The van der Waals surface area contributed by atoms with Crippen molar-refractivity contribution in [2.24, 2.45) is 4.36 Å². The van der Waals surface area contributed by atoms with Crippen molar-refractivity contribution < 1.29 is 40.9 Å². The van der Waals surface area contributed by atoms with Crippen LogP contribution in [0.25, 0.3) is 0 Å². The van der Waals surface area contributed by atoms with Crippen molar-refractivity contribution in [1.29, 1.82) is 0 Å². The largest absolute Gasteiger partial charge is 0.463 e. The SMILES string of the molecule is Cc1c(C(F)(F)F)ncc(N2CCCC(F)(F)CC2)c1C(=O)Nc1cccc(S(C)(=O)=NC(=O)O)c1. The fourth-order valence-electron chi connectivity index (χ4n) is 3.92. The number of hydrogen-bond donors (Lipinski definition) is 2. The molecule has 1 aromatic carbocycles. The van der Waals surface area contributed by atoms with Gasteiger partial charge in [-0.3, -0.25) is 4.79 Å². The molecule has 8 nitrogen and oxygen atoms in total. The van der Waals surface area contributed by atoms with Crippen molar-refractivity contribution >= 4 is 33.1 Å². The van der Waals surface area contributed by atoms with Crippen molar-refractivity contribution in [2.75, 3.05) is 29.6 Å². The minimum atomic E-state index is -4.87. The van der Waals surface area contributed by atoms with Crippen LogP contribution < -0.4 is 10.2 Å². The van der Waals surface area contributed by atoms with E-state index < -0.39 is 51.5 Å². The molecule has 1 saturated heterocycles. The molecule has 2 amide bonds. The molecule has 0 aliphatic carbocycles. The van der Waals surface area contributed by atoms with E-state index in [2.05, 4.69) is 14.7 Å². The number of carboxylic acid groups (broad SMARTS) is 1. The lowest BCUT2D eigenvalue weighted by Gasteiger charge is -2.27. The maximum Gasteiger partial charge on any atom is 0.439 e. The molecule has 1 unspecified atom stereocenters. The third-order valence-electron chi connectivity index (χ3n) is 5.64. The maximum atomic E-state index is 13.9. The molecular weight excluding hydrogens is 511 g/mol. The first kappa shape index (κ1) is 27.3. The van der Waals surface area contributed by atoms with E-state index in [0.717, 1.165) is 19.4 Å². The second kappa shape index (κ2) is 9.99. The number of amides is 2. The normalized spacial score (nSPS) is 17.6. The molecule has 2 N–H and O–H groups in total. The van der Waals surface area contributed by atoms with Gasteiger partial charge in [0, 0.05) is 42.8 Å². The molecule has 36 heavy (non-hydrogen) atoms. The summed E-state index contributed by atoms with van der Waals surface area (Å²) in [6, 6.07) is 5.25. The Morgan fingerprint density at radius 2 is 1.92 bits per heavy atom. The number of carbonyl (C=O) groups excluding carboxylic acids is 1. The van der Waals surface area contributed by atoms with Crippen LogP contribution in [0.5, 0.6) is 0 Å². The van der Waals surface area contributed by atoms with Crippen LogP contribution in [-0.2, 0) is 15.9 Å². The number of hydrogen-bond acceptors (Lipinski definition) is 5. The number of nitrogens with zero attached hydrogens (tertiary/aromatic N) is 3. The Morgan fingerprint density at radius 3 is 2.56 bits per heavy atom. The second-order valence-corrected chi connectivity index (χ2v) is 10.6. The van der Waals surface area contributed by atoms with Gasteiger partial charge in [0.1, 0.15) is 5.69 Å². The summed E-state index contributed by atoms with van der Waals surface area (Å²) in [5, 5.41) is 11.3. The first-order chi connectivity index (χ1) is 16.6. The highest BCUT2D eigenvalue weighted by atomic mass is 32.2. The Hall–Kier alpha value is -3.29. The predicted molar refractivity (Wildman–Crippen MR) is 122 cm³/mol. The lowest BCUT2D eigenvalue weighted by molar-refractivity contribution is -0.141. The van der Waals surface area contributed by atoms with Crippen LogP contribution >= 0.6 is 0 Å². The van der Waals surface area contributed by atoms with Gasteiger partial charge in [0.05, 0.1) is 27.2 Å². The van der Waals surface area contributed by atoms with Gasteiger partial charge in [-0.1, -0.05) is 6.07 Å². The predicted octanol–water partition coefficient (Wildman–Crippen LogP) is 5.42. The van der Waals surface area contributed by atoms with E-state index in [4.69, 9.17) is 5.11 Å². The van der Waals surface area contributed by atoms with E-state index in [1.54, 1.807) is 0 Å². The molecule has 14 heteroatoms. The number of alkyl halides is 5. The number of anilines is 2. The number of nitrogens with one attached hydrogen (secondary N) is 1. The van der Waals surface area contributed by atoms with Crippen LogP contribution in [0.4, 0.5) is 38.1 Å².